The van der Waals surface area contributed by atoms with Crippen LogP contribution in [0.2, 0.25) is 0 Å². The van der Waals surface area contributed by atoms with Crippen molar-refractivity contribution in [1.29, 1.82) is 0 Å². The quantitative estimate of drug-likeness (QED) is 0.127. The smallest absolute Gasteiger partial charge is 0.0540 e. The Morgan fingerprint density at radius 2 is 0.235 bits per heavy atom. The summed E-state index contributed by atoms with van der Waals surface area (Å²) in [4.78, 5) is 5.11. The summed E-state index contributed by atoms with van der Waals surface area (Å²) in [5.74, 6) is 0. The lowest BCUT2D eigenvalue weighted by molar-refractivity contribution is 1.33. The van der Waals surface area contributed by atoms with Crippen molar-refractivity contribution in [3.05, 3.63) is 388 Å². The van der Waals surface area contributed by atoms with Crippen molar-refractivity contribution in [1.82, 2.24) is 0 Å². The van der Waals surface area contributed by atoms with Gasteiger partial charge >= 0.3 is 0 Å². The SMILES string of the molecule is c1ccc2c(-c3ccc(N(c4ccc(-c5cccc6ccccc56)c5ccccc45)c4ccc(-c5ccc(N(c6ccc(-c7cccc8ccccc78)c7ccccc67)c6ccc(-c7cccc8ccccc78)c7ccccc67)c6ccccc56)c5ccccc45)c4ccccc34)cccc2c1. The van der Waals surface area contributed by atoms with Crippen LogP contribution in [0, 0.1) is 0 Å². The second kappa shape index (κ2) is 24.2. The zero-order valence-electron chi connectivity index (χ0n) is 55.8. The molecular weight excluding hydrogens is 1230 g/mol. The molecule has 2 heteroatoms. The van der Waals surface area contributed by atoms with E-state index in [0.29, 0.717) is 0 Å². The zero-order chi connectivity index (χ0) is 67.2. The molecule has 0 unspecified atom stereocenters. The summed E-state index contributed by atoms with van der Waals surface area (Å²) in [6, 6.07) is 144. The van der Waals surface area contributed by atoms with Gasteiger partial charge < -0.3 is 9.80 Å². The Hall–Kier alpha value is -13.4. The van der Waals surface area contributed by atoms with Crippen LogP contribution in [-0.4, -0.2) is 0 Å². The molecule has 20 aromatic rings. The van der Waals surface area contributed by atoms with E-state index in [1.165, 1.54) is 109 Å². The molecule has 0 fully saturated rings. The van der Waals surface area contributed by atoms with Crippen molar-refractivity contribution < 1.29 is 0 Å². The number of nitrogens with zero attached hydrogens (tertiary/aromatic N) is 2. The van der Waals surface area contributed by atoms with E-state index < -0.39 is 0 Å². The summed E-state index contributed by atoms with van der Waals surface area (Å²) >= 11 is 0. The van der Waals surface area contributed by atoms with Gasteiger partial charge in [0, 0.05) is 32.3 Å². The molecule has 0 saturated carbocycles. The first kappa shape index (κ1) is 58.7. The van der Waals surface area contributed by atoms with Gasteiger partial charge in [0.1, 0.15) is 0 Å². The molecule has 0 aliphatic heterocycles. The van der Waals surface area contributed by atoms with Crippen LogP contribution in [0.25, 0.3) is 163 Å². The van der Waals surface area contributed by atoms with Crippen LogP contribution >= 0.6 is 0 Å². The summed E-state index contributed by atoms with van der Waals surface area (Å²) in [5, 5.41) is 23.9. The van der Waals surface area contributed by atoms with Crippen LogP contribution < -0.4 is 9.80 Å². The molecule has 20 rings (SSSR count). The van der Waals surface area contributed by atoms with E-state index in [1.54, 1.807) is 0 Å². The summed E-state index contributed by atoms with van der Waals surface area (Å²) in [6.45, 7) is 0. The van der Waals surface area contributed by atoms with E-state index in [2.05, 4.69) is 398 Å². The first-order valence-corrected chi connectivity index (χ1v) is 35.3. The molecule has 0 spiro atoms. The van der Waals surface area contributed by atoms with E-state index in [4.69, 9.17) is 0 Å². The van der Waals surface area contributed by atoms with E-state index in [0.717, 1.165) is 88.3 Å². The number of fused-ring (bicyclic) bond motifs is 10. The van der Waals surface area contributed by atoms with Gasteiger partial charge in [-0.3, -0.25) is 0 Å². The highest BCUT2D eigenvalue weighted by Gasteiger charge is 2.27. The molecule has 0 aliphatic carbocycles. The molecule has 20 aromatic carbocycles. The molecule has 0 aliphatic rings. The fraction of sp³-hybridized carbons (Fsp3) is 0. The van der Waals surface area contributed by atoms with Crippen LogP contribution in [0.15, 0.2) is 388 Å². The van der Waals surface area contributed by atoms with Gasteiger partial charge in [-0.2, -0.15) is 0 Å². The Morgan fingerprint density at radius 1 is 0.0980 bits per heavy atom. The van der Waals surface area contributed by atoms with Crippen molar-refractivity contribution in [2.75, 3.05) is 9.80 Å². The second-order valence-corrected chi connectivity index (χ2v) is 26.8. The molecular formula is C100H64N2. The third kappa shape index (κ3) is 9.49. The maximum atomic E-state index is 2.56. The largest absolute Gasteiger partial charge is 0.309 e. The molecule has 0 atom stereocenters. The van der Waals surface area contributed by atoms with Crippen LogP contribution in [0.5, 0.6) is 0 Å². The van der Waals surface area contributed by atoms with Crippen LogP contribution in [0.1, 0.15) is 0 Å². The average molecular weight is 1290 g/mol. The van der Waals surface area contributed by atoms with E-state index in [1.807, 2.05) is 0 Å². The van der Waals surface area contributed by atoms with Crippen molar-refractivity contribution >= 4 is 142 Å². The summed E-state index contributed by atoms with van der Waals surface area (Å²) in [7, 11) is 0. The first-order valence-electron chi connectivity index (χ1n) is 35.3. The maximum Gasteiger partial charge on any atom is 0.0540 e. The third-order valence-corrected chi connectivity index (χ3v) is 21.5. The van der Waals surface area contributed by atoms with Gasteiger partial charge in [0.25, 0.3) is 0 Å². The molecule has 0 amide bonds. The highest BCUT2D eigenvalue weighted by molar-refractivity contribution is 6.21. The molecule has 0 heterocycles. The van der Waals surface area contributed by atoms with Crippen molar-refractivity contribution in [3.63, 3.8) is 0 Å². The monoisotopic (exact) mass is 1290 g/mol. The maximum absolute atomic E-state index is 2.56. The molecule has 474 valence electrons. The zero-order valence-corrected chi connectivity index (χ0v) is 55.8. The predicted molar refractivity (Wildman–Crippen MR) is 438 cm³/mol. The molecule has 0 saturated heterocycles. The predicted octanol–water partition coefficient (Wildman–Crippen LogP) is 28.5. The second-order valence-electron chi connectivity index (χ2n) is 26.8. The number of hydrogen-bond acceptors (Lipinski definition) is 2. The van der Waals surface area contributed by atoms with Crippen molar-refractivity contribution in [2.24, 2.45) is 0 Å². The van der Waals surface area contributed by atoms with Gasteiger partial charge in [-0.1, -0.05) is 352 Å². The van der Waals surface area contributed by atoms with E-state index in [-0.39, 0.29) is 0 Å². The van der Waals surface area contributed by atoms with Crippen LogP contribution in [0.4, 0.5) is 34.1 Å². The summed E-state index contributed by atoms with van der Waals surface area (Å²) in [5.41, 5.74) is 18.6. The molecule has 0 aromatic heterocycles. The third-order valence-electron chi connectivity index (χ3n) is 21.5. The number of hydrogen-bond donors (Lipinski definition) is 0. The van der Waals surface area contributed by atoms with E-state index >= 15 is 0 Å². The fourth-order valence-corrected chi connectivity index (χ4v) is 16.9. The van der Waals surface area contributed by atoms with Gasteiger partial charge in [0.2, 0.25) is 0 Å². The standard InChI is InChI=1S/C100H64N2/c1-5-33-69-65(25-1)29-21-49-73(69)83-53-59-95(89-43-15-9-37-77(83)89)101(96-60-54-84(78-38-10-16-44-90(78)96)74-50-22-30-66-26-2-6-34-70(66)74)99-63-57-87(81-41-13-19-47-93(81)99)88-58-64-100(94-48-20-14-42-82(88)94)102(97-61-55-85(79-39-11-17-45-91(79)97)75-51-23-31-67-27-3-7-35-71(67)75)98-62-56-86(80-40-12-18-46-92(80)98)76-52-24-32-68-28-4-8-36-72(68)76/h1-64H. The minimum atomic E-state index is 1.09. The number of rotatable bonds is 11. The fourth-order valence-electron chi connectivity index (χ4n) is 16.9. The lowest BCUT2D eigenvalue weighted by atomic mass is 9.90. The molecule has 2 nitrogen and oxygen atoms in total. The summed E-state index contributed by atoms with van der Waals surface area (Å²) < 4.78 is 0. The molecule has 0 N–H and O–H groups in total. The first-order chi connectivity index (χ1) is 50.7. The van der Waals surface area contributed by atoms with Gasteiger partial charge in [-0.25, -0.2) is 0 Å². The lowest BCUT2D eigenvalue weighted by Gasteiger charge is -2.31. The number of benzene rings is 20. The Kier molecular flexibility index (Phi) is 14.0. The Balaban J connectivity index is 0.806. The number of anilines is 6. The van der Waals surface area contributed by atoms with E-state index in [9.17, 15) is 0 Å². The van der Waals surface area contributed by atoms with Gasteiger partial charge in [0.05, 0.1) is 34.1 Å². The normalized spacial score (nSPS) is 11.7. The van der Waals surface area contributed by atoms with Crippen LogP contribution in [0.3, 0.4) is 0 Å². The van der Waals surface area contributed by atoms with Crippen molar-refractivity contribution in [3.8, 4) is 55.6 Å². The molecule has 0 radical (unpaired) electrons. The Bertz CT molecular complexity index is 6040. The molecule has 0 bridgehead atoms. The Morgan fingerprint density at radius 3 is 0.422 bits per heavy atom. The highest BCUT2D eigenvalue weighted by Crippen LogP contribution is 2.53. The van der Waals surface area contributed by atoms with Gasteiger partial charge in [-0.05, 0) is 167 Å². The molecule has 102 heavy (non-hydrogen) atoms. The Labute approximate surface area is 591 Å². The minimum absolute atomic E-state index is 1.09. The van der Waals surface area contributed by atoms with Crippen LogP contribution in [-0.2, 0) is 0 Å². The summed E-state index contributed by atoms with van der Waals surface area (Å²) in [6.07, 6.45) is 0. The van der Waals surface area contributed by atoms with Gasteiger partial charge in [0.15, 0.2) is 0 Å². The minimum Gasteiger partial charge on any atom is -0.309 e. The van der Waals surface area contributed by atoms with Crippen molar-refractivity contribution in [2.45, 2.75) is 0 Å². The van der Waals surface area contributed by atoms with Gasteiger partial charge in [-0.15, -0.1) is 0 Å². The average Bonchev–Trinajstić information content (AvgIpc) is 0.732. The lowest BCUT2D eigenvalue weighted by Crippen LogP contribution is -2.12. The highest BCUT2D eigenvalue weighted by atomic mass is 15.2. The topological polar surface area (TPSA) is 6.48 Å².